The number of rotatable bonds is 8. The van der Waals surface area contributed by atoms with Crippen molar-refractivity contribution in [2.45, 2.75) is 18.6 Å². The van der Waals surface area contributed by atoms with Crippen LogP contribution in [-0.4, -0.2) is 42.5 Å². The van der Waals surface area contributed by atoms with E-state index < -0.39 is 5.91 Å². The van der Waals surface area contributed by atoms with Crippen LogP contribution in [0.2, 0.25) is 10.0 Å². The lowest BCUT2D eigenvalue weighted by Gasteiger charge is -2.11. The van der Waals surface area contributed by atoms with Gasteiger partial charge in [0.15, 0.2) is 11.0 Å². The molecule has 0 fully saturated rings. The summed E-state index contributed by atoms with van der Waals surface area (Å²) in [6.07, 6.45) is 0. The molecule has 2 N–H and O–H groups in total. The summed E-state index contributed by atoms with van der Waals surface area (Å²) >= 11 is 14.6. The average molecular weight is 534 g/mol. The third-order valence-corrected chi connectivity index (χ3v) is 6.65. The van der Waals surface area contributed by atoms with Crippen LogP contribution in [0.1, 0.15) is 21.2 Å². The van der Waals surface area contributed by atoms with Crippen molar-refractivity contribution >= 4 is 63.2 Å². The molecule has 2 aromatic heterocycles. The first-order chi connectivity index (χ1) is 16.4. The highest BCUT2D eigenvalue weighted by molar-refractivity contribution is 7.99. The first kappa shape index (κ1) is 24.1. The van der Waals surface area contributed by atoms with Crippen LogP contribution in [0.5, 0.6) is 0 Å². The third kappa shape index (κ3) is 5.92. The zero-order valence-corrected chi connectivity index (χ0v) is 20.8. The molecule has 13 heteroatoms. The molecule has 4 aromatic rings. The second-order valence-electron chi connectivity index (χ2n) is 6.84. The topological polar surface area (TPSA) is 115 Å². The number of aromatic nitrogens is 5. The molecule has 0 aliphatic rings. The predicted octanol–water partition coefficient (Wildman–Crippen LogP) is 4.39. The van der Waals surface area contributed by atoms with E-state index in [0.717, 1.165) is 10.7 Å². The van der Waals surface area contributed by atoms with Gasteiger partial charge in [-0.15, -0.1) is 20.4 Å². The molecule has 0 unspecified atom stereocenters. The van der Waals surface area contributed by atoms with Crippen LogP contribution in [0.15, 0.2) is 53.7 Å². The predicted molar refractivity (Wildman–Crippen MR) is 133 cm³/mol. The summed E-state index contributed by atoms with van der Waals surface area (Å²) in [5.41, 5.74) is 1.05. The Balaban J connectivity index is 1.50. The number of para-hydroxylation sites is 1. The average Bonchev–Trinajstić information content (AvgIpc) is 3.43. The highest BCUT2D eigenvalue weighted by atomic mass is 35.5. The lowest BCUT2D eigenvalue weighted by Crippen LogP contribution is -2.25. The van der Waals surface area contributed by atoms with Crippen LogP contribution in [0.3, 0.4) is 0 Å². The van der Waals surface area contributed by atoms with Gasteiger partial charge in [-0.05, 0) is 37.3 Å². The smallest absolute Gasteiger partial charge is 0.253 e. The molecule has 0 bridgehead atoms. The highest BCUT2D eigenvalue weighted by Gasteiger charge is 2.18. The molecule has 2 aromatic carbocycles. The molecule has 174 valence electrons. The monoisotopic (exact) mass is 533 g/mol. The SMILES string of the molecule is Cc1nnc(NC(=O)CSc2nnc(CNC(=O)c3cc(Cl)ccc3Cl)n2-c2ccccc2)s1. The number of halogens is 2. The van der Waals surface area contributed by atoms with Gasteiger partial charge in [-0.2, -0.15) is 0 Å². The summed E-state index contributed by atoms with van der Waals surface area (Å²) in [5, 5.41) is 24.1. The summed E-state index contributed by atoms with van der Waals surface area (Å²) in [7, 11) is 0. The molecule has 2 heterocycles. The Morgan fingerprint density at radius 2 is 1.85 bits per heavy atom. The largest absolute Gasteiger partial charge is 0.345 e. The van der Waals surface area contributed by atoms with Gasteiger partial charge in [0.05, 0.1) is 22.9 Å². The fourth-order valence-corrected chi connectivity index (χ4v) is 4.66. The number of benzene rings is 2. The van der Waals surface area contributed by atoms with E-state index in [1.165, 1.54) is 29.2 Å². The maximum absolute atomic E-state index is 12.7. The first-order valence-corrected chi connectivity index (χ1v) is 12.4. The van der Waals surface area contributed by atoms with Crippen molar-refractivity contribution in [3.8, 4) is 5.69 Å². The fraction of sp³-hybridized carbons (Fsp3) is 0.143. The molecular formula is C21H17Cl2N7O2S2. The van der Waals surface area contributed by atoms with Crippen molar-refractivity contribution in [3.05, 3.63) is 75.0 Å². The third-order valence-electron chi connectivity index (χ3n) is 4.40. The lowest BCUT2D eigenvalue weighted by molar-refractivity contribution is -0.113. The van der Waals surface area contributed by atoms with Gasteiger partial charge in [-0.25, -0.2) is 0 Å². The van der Waals surface area contributed by atoms with Gasteiger partial charge < -0.3 is 5.32 Å². The maximum Gasteiger partial charge on any atom is 0.253 e. The number of aryl methyl sites for hydroxylation is 1. The van der Waals surface area contributed by atoms with E-state index >= 15 is 0 Å². The van der Waals surface area contributed by atoms with E-state index in [-0.39, 0.29) is 23.8 Å². The van der Waals surface area contributed by atoms with Crippen molar-refractivity contribution in [3.63, 3.8) is 0 Å². The van der Waals surface area contributed by atoms with Crippen LogP contribution in [0.4, 0.5) is 5.13 Å². The van der Waals surface area contributed by atoms with Gasteiger partial charge in [-0.3, -0.25) is 19.5 Å². The van der Waals surface area contributed by atoms with Crippen LogP contribution < -0.4 is 10.6 Å². The second-order valence-corrected chi connectivity index (χ2v) is 9.81. The molecule has 0 radical (unpaired) electrons. The molecule has 0 spiro atoms. The lowest BCUT2D eigenvalue weighted by atomic mass is 10.2. The zero-order chi connectivity index (χ0) is 24.1. The van der Waals surface area contributed by atoms with Crippen molar-refractivity contribution in [2.24, 2.45) is 0 Å². The molecule has 0 aliphatic heterocycles. The Morgan fingerprint density at radius 1 is 1.06 bits per heavy atom. The molecule has 0 saturated heterocycles. The molecule has 4 rings (SSSR count). The number of anilines is 1. The number of nitrogens with one attached hydrogen (secondary N) is 2. The van der Waals surface area contributed by atoms with Crippen LogP contribution in [0, 0.1) is 6.92 Å². The van der Waals surface area contributed by atoms with Crippen LogP contribution >= 0.6 is 46.3 Å². The summed E-state index contributed by atoms with van der Waals surface area (Å²) in [5.74, 6) is -0.0562. The van der Waals surface area contributed by atoms with E-state index in [9.17, 15) is 9.59 Å². The fourth-order valence-electron chi connectivity index (χ4n) is 2.90. The molecule has 2 amide bonds. The van der Waals surface area contributed by atoms with E-state index in [1.807, 2.05) is 37.3 Å². The van der Waals surface area contributed by atoms with Crippen LogP contribution in [-0.2, 0) is 11.3 Å². The number of carbonyl (C=O) groups is 2. The number of amides is 2. The van der Waals surface area contributed by atoms with Crippen LogP contribution in [0.25, 0.3) is 5.69 Å². The Hall–Kier alpha value is -2.99. The number of thioether (sulfide) groups is 1. The molecule has 34 heavy (non-hydrogen) atoms. The highest BCUT2D eigenvalue weighted by Crippen LogP contribution is 2.24. The normalized spacial score (nSPS) is 10.8. The van der Waals surface area contributed by atoms with Gasteiger partial charge in [0.25, 0.3) is 5.91 Å². The van der Waals surface area contributed by atoms with Crippen molar-refractivity contribution in [1.29, 1.82) is 0 Å². The first-order valence-electron chi connectivity index (χ1n) is 9.86. The van der Waals surface area contributed by atoms with Gasteiger partial charge in [0.1, 0.15) is 5.01 Å². The Labute approximate surface area is 212 Å². The van der Waals surface area contributed by atoms with Gasteiger partial charge in [0, 0.05) is 10.7 Å². The summed E-state index contributed by atoms with van der Waals surface area (Å²) < 4.78 is 1.78. The van der Waals surface area contributed by atoms with Crippen molar-refractivity contribution in [2.75, 3.05) is 11.1 Å². The number of carbonyl (C=O) groups excluding carboxylic acids is 2. The molecule has 0 atom stereocenters. The van der Waals surface area contributed by atoms with Gasteiger partial charge >= 0.3 is 0 Å². The zero-order valence-electron chi connectivity index (χ0n) is 17.7. The van der Waals surface area contributed by atoms with Crippen molar-refractivity contribution in [1.82, 2.24) is 30.3 Å². The minimum atomic E-state index is -0.393. The van der Waals surface area contributed by atoms with E-state index in [2.05, 4.69) is 31.0 Å². The van der Waals surface area contributed by atoms with Gasteiger partial charge in [-0.1, -0.05) is 64.5 Å². The minimum Gasteiger partial charge on any atom is -0.345 e. The summed E-state index contributed by atoms with van der Waals surface area (Å²) in [4.78, 5) is 25.0. The second kappa shape index (κ2) is 11.0. The minimum absolute atomic E-state index is 0.0837. The quantitative estimate of drug-likeness (QED) is 0.322. The number of hydrogen-bond acceptors (Lipinski definition) is 8. The number of nitrogens with zero attached hydrogens (tertiary/aromatic N) is 5. The molecule has 9 nitrogen and oxygen atoms in total. The van der Waals surface area contributed by atoms with Crippen molar-refractivity contribution < 1.29 is 9.59 Å². The molecule has 0 aliphatic carbocycles. The maximum atomic E-state index is 12.7. The Morgan fingerprint density at radius 3 is 2.59 bits per heavy atom. The molecule has 0 saturated carbocycles. The standard InChI is InChI=1S/C21H17Cl2N7O2S2/c1-12-26-28-20(34-12)25-18(31)11-33-21-29-27-17(30(21)14-5-3-2-4-6-14)10-24-19(32)15-9-13(22)7-8-16(15)23/h2-9H,10-11H2,1H3,(H,24,32)(H,25,28,31). The van der Waals surface area contributed by atoms with E-state index in [0.29, 0.717) is 26.2 Å². The summed E-state index contributed by atoms with van der Waals surface area (Å²) in [6, 6.07) is 14.1. The van der Waals surface area contributed by atoms with E-state index in [1.54, 1.807) is 16.7 Å². The summed E-state index contributed by atoms with van der Waals surface area (Å²) in [6.45, 7) is 1.89. The van der Waals surface area contributed by atoms with E-state index in [4.69, 9.17) is 23.2 Å². The Bertz CT molecular complexity index is 1330. The van der Waals surface area contributed by atoms with Gasteiger partial charge in [0.2, 0.25) is 11.0 Å². The Kier molecular flexibility index (Phi) is 7.78. The number of hydrogen-bond donors (Lipinski definition) is 2. The molecular weight excluding hydrogens is 517 g/mol.